The van der Waals surface area contributed by atoms with Gasteiger partial charge in [0.2, 0.25) is 0 Å². The van der Waals surface area contributed by atoms with Crippen LogP contribution in [0.3, 0.4) is 0 Å². The summed E-state index contributed by atoms with van der Waals surface area (Å²) in [4.78, 5) is 0. The lowest BCUT2D eigenvalue weighted by molar-refractivity contribution is 0.415. The minimum atomic E-state index is -2.30. The van der Waals surface area contributed by atoms with Gasteiger partial charge in [-0.25, -0.2) is 0 Å². The second-order valence-corrected chi connectivity index (χ2v) is 16.7. The van der Waals surface area contributed by atoms with Gasteiger partial charge in [0.25, 0.3) is 0 Å². The van der Waals surface area contributed by atoms with Crippen LogP contribution in [0, 0.1) is 0 Å². The highest BCUT2D eigenvalue weighted by Gasteiger charge is 2.41. The lowest BCUT2D eigenvalue weighted by Gasteiger charge is -2.39. The summed E-state index contributed by atoms with van der Waals surface area (Å²) >= 11 is 0. The van der Waals surface area contributed by atoms with Gasteiger partial charge in [-0.1, -0.05) is 153 Å². The fourth-order valence-corrected chi connectivity index (χ4v) is 11.0. The van der Waals surface area contributed by atoms with Gasteiger partial charge in [-0.2, -0.15) is 0 Å². The van der Waals surface area contributed by atoms with Crippen molar-refractivity contribution >= 4 is 29.2 Å². The largest absolute Gasteiger partial charge is 0.497 e. The van der Waals surface area contributed by atoms with Gasteiger partial charge in [-0.05, 0) is 88.9 Å². The summed E-state index contributed by atoms with van der Waals surface area (Å²) in [6, 6.07) is 55.6. The number of methoxy groups -OCH3 is 1. The van der Waals surface area contributed by atoms with Crippen molar-refractivity contribution in [3.05, 3.63) is 152 Å². The first-order valence-corrected chi connectivity index (χ1v) is 18.7. The van der Waals surface area contributed by atoms with Gasteiger partial charge in [0.15, 0.2) is 0 Å². The van der Waals surface area contributed by atoms with E-state index in [0.717, 1.165) is 5.75 Å². The number of benzene rings is 7. The van der Waals surface area contributed by atoms with Crippen LogP contribution < -0.4 is 15.1 Å². The van der Waals surface area contributed by atoms with E-state index in [-0.39, 0.29) is 0 Å². The zero-order valence-electron chi connectivity index (χ0n) is 25.8. The summed E-state index contributed by atoms with van der Waals surface area (Å²) in [5, 5.41) is 5.72. The van der Waals surface area contributed by atoms with Crippen LogP contribution in [0.25, 0.3) is 66.4 Å². The molecule has 0 fully saturated rings. The van der Waals surface area contributed by atoms with Crippen LogP contribution in [0.5, 0.6) is 5.75 Å². The molecule has 1 nitrogen and oxygen atoms in total. The highest BCUT2D eigenvalue weighted by molar-refractivity contribution is 7.04. The Kier molecular flexibility index (Phi) is 6.55. The Morgan fingerprint density at radius 3 is 1.42 bits per heavy atom. The van der Waals surface area contributed by atoms with E-state index in [2.05, 4.69) is 165 Å². The van der Waals surface area contributed by atoms with Crippen LogP contribution in [0.1, 0.15) is 0 Å². The second kappa shape index (κ2) is 10.8. The lowest BCUT2D eigenvalue weighted by Crippen LogP contribution is -2.57. The SMILES string of the molecule is COc1ccc(-c2c(-c3ccccc3)c(-c3ccccc3)c(-c3ccccc3)c3c2[Si](C)(C)c2cccc4cccc-3c24)cc1. The molecular formula is C43H34OSi. The van der Waals surface area contributed by atoms with E-state index in [9.17, 15) is 0 Å². The lowest BCUT2D eigenvalue weighted by atomic mass is 9.78. The Balaban J connectivity index is 1.69. The standard InChI is InChI=1S/C43H34OSi/c1-44-34-27-25-33(26-28-34)41-39(31-17-9-5-10-18-31)38(30-15-7-4-8-16-30)40(32-19-11-6-12-20-32)42-35-23-13-21-29-22-14-24-36(37(29)35)45(2,3)43(41)42/h4-28H,1-3H3. The molecule has 0 aromatic heterocycles. The maximum absolute atomic E-state index is 5.64. The Morgan fingerprint density at radius 1 is 0.422 bits per heavy atom. The summed E-state index contributed by atoms with van der Waals surface area (Å²) in [7, 11) is -0.557. The highest BCUT2D eigenvalue weighted by atomic mass is 28.3. The van der Waals surface area contributed by atoms with Crippen LogP contribution in [0.15, 0.2) is 152 Å². The summed E-state index contributed by atoms with van der Waals surface area (Å²) in [6.45, 7) is 5.10. The molecular weight excluding hydrogens is 561 g/mol. The molecule has 0 atom stereocenters. The van der Waals surface area contributed by atoms with E-state index in [1.54, 1.807) is 7.11 Å². The molecule has 216 valence electrons. The molecule has 2 heteroatoms. The Morgan fingerprint density at radius 2 is 0.889 bits per heavy atom. The molecule has 0 saturated heterocycles. The van der Waals surface area contributed by atoms with Crippen molar-refractivity contribution < 1.29 is 4.74 Å². The molecule has 0 spiro atoms. The first-order chi connectivity index (χ1) is 22.1. The first-order valence-electron chi connectivity index (χ1n) is 15.7. The average Bonchev–Trinajstić information content (AvgIpc) is 3.10. The Hall–Kier alpha value is -5.18. The fraction of sp³-hybridized carbons (Fsp3) is 0.0698. The first kappa shape index (κ1) is 27.4. The van der Waals surface area contributed by atoms with Crippen molar-refractivity contribution in [3.8, 4) is 61.4 Å². The summed E-state index contributed by atoms with van der Waals surface area (Å²) in [5.74, 6) is 0.865. The zero-order chi connectivity index (χ0) is 30.5. The normalized spacial score (nSPS) is 13.0. The third-order valence-corrected chi connectivity index (χ3v) is 13.1. The van der Waals surface area contributed by atoms with Crippen LogP contribution in [0.2, 0.25) is 13.1 Å². The molecule has 1 aliphatic heterocycles. The number of fused-ring (bicyclic) bond motifs is 2. The van der Waals surface area contributed by atoms with E-state index in [0.29, 0.717) is 0 Å². The molecule has 45 heavy (non-hydrogen) atoms. The molecule has 1 aliphatic rings. The monoisotopic (exact) mass is 594 g/mol. The molecule has 0 saturated carbocycles. The topological polar surface area (TPSA) is 9.23 Å². The summed E-state index contributed by atoms with van der Waals surface area (Å²) in [5.41, 5.74) is 12.8. The molecule has 0 N–H and O–H groups in total. The van der Waals surface area contributed by atoms with Gasteiger partial charge in [-0.15, -0.1) is 0 Å². The van der Waals surface area contributed by atoms with Crippen molar-refractivity contribution in [1.29, 1.82) is 0 Å². The minimum absolute atomic E-state index is 0.865. The highest BCUT2D eigenvalue weighted by Crippen LogP contribution is 2.52. The van der Waals surface area contributed by atoms with Crippen molar-refractivity contribution in [2.45, 2.75) is 13.1 Å². The molecule has 1 heterocycles. The molecule has 0 unspecified atom stereocenters. The van der Waals surface area contributed by atoms with E-state index in [4.69, 9.17) is 4.74 Å². The van der Waals surface area contributed by atoms with Gasteiger partial charge in [0, 0.05) is 0 Å². The van der Waals surface area contributed by atoms with E-state index in [1.807, 2.05) is 0 Å². The molecule has 0 aliphatic carbocycles. The Bertz CT molecular complexity index is 2180. The molecule has 0 bridgehead atoms. The van der Waals surface area contributed by atoms with E-state index < -0.39 is 8.07 Å². The molecule has 0 radical (unpaired) electrons. The smallest absolute Gasteiger partial charge is 0.118 e. The third kappa shape index (κ3) is 4.28. The summed E-state index contributed by atoms with van der Waals surface area (Å²) in [6.07, 6.45) is 0. The second-order valence-electron chi connectivity index (χ2n) is 12.4. The molecule has 7 aromatic rings. The quantitative estimate of drug-likeness (QED) is 0.180. The van der Waals surface area contributed by atoms with Crippen LogP contribution >= 0.6 is 0 Å². The van der Waals surface area contributed by atoms with Gasteiger partial charge in [0.05, 0.1) is 7.11 Å². The molecule has 8 rings (SSSR count). The van der Waals surface area contributed by atoms with Crippen molar-refractivity contribution in [2.24, 2.45) is 0 Å². The minimum Gasteiger partial charge on any atom is -0.497 e. The zero-order valence-corrected chi connectivity index (χ0v) is 26.8. The van der Waals surface area contributed by atoms with Gasteiger partial charge in [0.1, 0.15) is 13.8 Å². The maximum Gasteiger partial charge on any atom is 0.118 e. The van der Waals surface area contributed by atoms with Crippen molar-refractivity contribution in [3.63, 3.8) is 0 Å². The van der Waals surface area contributed by atoms with Gasteiger partial charge < -0.3 is 4.74 Å². The van der Waals surface area contributed by atoms with Crippen LogP contribution in [0.4, 0.5) is 0 Å². The van der Waals surface area contributed by atoms with E-state index in [1.165, 1.54) is 76.8 Å². The average molecular weight is 595 g/mol. The maximum atomic E-state index is 5.64. The van der Waals surface area contributed by atoms with Crippen molar-refractivity contribution in [1.82, 2.24) is 0 Å². The van der Waals surface area contributed by atoms with Gasteiger partial charge >= 0.3 is 0 Å². The van der Waals surface area contributed by atoms with Crippen molar-refractivity contribution in [2.75, 3.05) is 7.11 Å². The number of rotatable bonds is 5. The van der Waals surface area contributed by atoms with E-state index >= 15 is 0 Å². The predicted molar refractivity (Wildman–Crippen MR) is 194 cm³/mol. The predicted octanol–water partition coefficient (Wildman–Crippen LogP) is 10.3. The van der Waals surface area contributed by atoms with Crippen LogP contribution in [-0.4, -0.2) is 15.2 Å². The summed E-state index contributed by atoms with van der Waals surface area (Å²) < 4.78 is 5.64. The van der Waals surface area contributed by atoms with Gasteiger partial charge in [-0.3, -0.25) is 0 Å². The third-order valence-electron chi connectivity index (χ3n) is 9.54. The molecule has 7 aromatic carbocycles. The fourth-order valence-electron chi connectivity index (χ4n) is 7.58. The van der Waals surface area contributed by atoms with Crippen LogP contribution in [-0.2, 0) is 0 Å². The molecule has 0 amide bonds. The number of hydrogen-bond acceptors (Lipinski definition) is 1. The number of hydrogen-bond donors (Lipinski definition) is 0. The Labute approximate surface area is 266 Å². The number of ether oxygens (including phenoxy) is 1.